The van der Waals surface area contributed by atoms with E-state index in [-0.39, 0.29) is 28.8 Å². The molecule has 5 aromatic rings. The van der Waals surface area contributed by atoms with Gasteiger partial charge in [0.15, 0.2) is 23.9 Å². The molecule has 0 atom stereocenters. The number of halogens is 1. The Hall–Kier alpha value is -4.81. The molecule has 0 spiro atoms. The largest absolute Gasteiger partial charge is 0.496 e. The Labute approximate surface area is 222 Å². The number of nitriles is 1. The van der Waals surface area contributed by atoms with Gasteiger partial charge in [-0.2, -0.15) is 15.0 Å². The minimum atomic E-state index is -0.376. The first-order chi connectivity index (χ1) is 18.5. The lowest BCUT2D eigenvalue weighted by Gasteiger charge is -2.12. The summed E-state index contributed by atoms with van der Waals surface area (Å²) in [5.74, 6) is 1.80. The van der Waals surface area contributed by atoms with E-state index in [0.29, 0.717) is 45.9 Å². The van der Waals surface area contributed by atoms with Crippen LogP contribution in [0, 0.1) is 11.3 Å². The van der Waals surface area contributed by atoms with Crippen LogP contribution < -0.4 is 19.8 Å². The highest BCUT2D eigenvalue weighted by atomic mass is 35.5. The lowest BCUT2D eigenvalue weighted by molar-refractivity contribution is 0.299. The molecule has 5 rings (SSSR count). The Morgan fingerprint density at radius 1 is 1.11 bits per heavy atom. The smallest absolute Gasteiger partial charge is 0.282 e. The predicted octanol–water partition coefficient (Wildman–Crippen LogP) is 5.65. The van der Waals surface area contributed by atoms with E-state index in [0.717, 1.165) is 5.39 Å². The van der Waals surface area contributed by atoms with Crippen molar-refractivity contribution in [1.29, 1.82) is 5.26 Å². The Morgan fingerprint density at radius 3 is 2.74 bits per heavy atom. The van der Waals surface area contributed by atoms with E-state index in [4.69, 9.17) is 40.5 Å². The van der Waals surface area contributed by atoms with Gasteiger partial charge in [-0.25, -0.2) is 4.98 Å². The van der Waals surface area contributed by atoms with E-state index < -0.39 is 0 Å². The van der Waals surface area contributed by atoms with Gasteiger partial charge in [-0.3, -0.25) is 4.79 Å². The molecule has 0 aliphatic rings. The first-order valence-electron chi connectivity index (χ1n) is 11.6. The quantitative estimate of drug-likeness (QED) is 0.239. The van der Waals surface area contributed by atoms with E-state index in [9.17, 15) is 4.79 Å². The topological polar surface area (TPSA) is 112 Å². The molecule has 0 aliphatic heterocycles. The third kappa shape index (κ3) is 4.65. The Kier molecular flexibility index (Phi) is 6.98. The molecule has 3 aromatic carbocycles. The van der Waals surface area contributed by atoms with Gasteiger partial charge in [-0.05, 0) is 55.0 Å². The molecule has 9 nitrogen and oxygen atoms in total. The van der Waals surface area contributed by atoms with Gasteiger partial charge < -0.3 is 18.6 Å². The number of hydrogen-bond donors (Lipinski definition) is 0. The number of methoxy groups -OCH3 is 1. The zero-order chi connectivity index (χ0) is 26.6. The summed E-state index contributed by atoms with van der Waals surface area (Å²) in [6.07, 6.45) is 1.47. The second kappa shape index (κ2) is 10.7. The van der Waals surface area contributed by atoms with Gasteiger partial charge in [0.25, 0.3) is 5.56 Å². The number of ether oxygens (including phenoxy) is 3. The Balaban J connectivity index is 1.66. The van der Waals surface area contributed by atoms with Crippen molar-refractivity contribution in [3.05, 3.63) is 81.6 Å². The van der Waals surface area contributed by atoms with Crippen LogP contribution in [0.15, 0.2) is 75.0 Å². The monoisotopic (exact) mass is 528 g/mol. The number of para-hydroxylation sites is 1. The number of nitrogens with zero attached hydrogens (tertiary/aromatic N) is 4. The zero-order valence-electron chi connectivity index (χ0n) is 20.5. The standard InChI is InChI=1S/C28H21ClN4O5/c1-3-36-24-14-17(13-20(29)26(24)37-12-11-30)16-31-33-27(32-21-8-5-4-7-18(21)28(33)34)25-15-19-22(35-2)9-6-10-23(19)38-25/h4-10,13-16H,3,12H2,1-2H3. The summed E-state index contributed by atoms with van der Waals surface area (Å²) in [4.78, 5) is 18.2. The van der Waals surface area contributed by atoms with Gasteiger partial charge in [0.05, 0.1) is 41.2 Å². The van der Waals surface area contributed by atoms with Crippen molar-refractivity contribution in [2.75, 3.05) is 20.3 Å². The first-order valence-corrected chi connectivity index (χ1v) is 12.0. The average molecular weight is 529 g/mol. The Bertz CT molecular complexity index is 1780. The van der Waals surface area contributed by atoms with E-state index in [1.807, 2.05) is 25.1 Å². The lowest BCUT2D eigenvalue weighted by Crippen LogP contribution is -2.20. The predicted molar refractivity (Wildman–Crippen MR) is 144 cm³/mol. The molecule has 0 saturated heterocycles. The summed E-state index contributed by atoms with van der Waals surface area (Å²) in [6.45, 7) is 1.99. The maximum atomic E-state index is 13.5. The summed E-state index contributed by atoms with van der Waals surface area (Å²) in [5, 5.41) is 14.7. The fourth-order valence-electron chi connectivity index (χ4n) is 4.01. The van der Waals surface area contributed by atoms with Crippen molar-refractivity contribution in [2.45, 2.75) is 6.92 Å². The fraction of sp³-hybridized carbons (Fsp3) is 0.143. The molecule has 2 aromatic heterocycles. The number of fused-ring (bicyclic) bond motifs is 2. The molecule has 190 valence electrons. The molecule has 0 bridgehead atoms. The average Bonchev–Trinajstić information content (AvgIpc) is 3.37. The highest BCUT2D eigenvalue weighted by molar-refractivity contribution is 6.32. The molecule has 2 heterocycles. The second-order valence-electron chi connectivity index (χ2n) is 8.01. The van der Waals surface area contributed by atoms with Gasteiger partial charge >= 0.3 is 0 Å². The van der Waals surface area contributed by atoms with E-state index >= 15 is 0 Å². The first kappa shape index (κ1) is 24.9. The van der Waals surface area contributed by atoms with Crippen LogP contribution in [-0.4, -0.2) is 36.2 Å². The van der Waals surface area contributed by atoms with Crippen LogP contribution in [0.4, 0.5) is 0 Å². The second-order valence-corrected chi connectivity index (χ2v) is 8.41. The third-order valence-electron chi connectivity index (χ3n) is 5.65. The molecule has 0 saturated carbocycles. The van der Waals surface area contributed by atoms with Crippen molar-refractivity contribution in [2.24, 2.45) is 5.10 Å². The maximum absolute atomic E-state index is 13.5. The van der Waals surface area contributed by atoms with E-state index in [1.165, 1.54) is 10.9 Å². The number of rotatable bonds is 8. The minimum absolute atomic E-state index is 0.184. The van der Waals surface area contributed by atoms with Gasteiger partial charge in [0, 0.05) is 0 Å². The molecule has 0 fully saturated rings. The summed E-state index contributed by atoms with van der Waals surface area (Å²) in [6, 6.07) is 19.4. The number of aromatic nitrogens is 2. The molecule has 0 unspecified atom stereocenters. The van der Waals surface area contributed by atoms with Gasteiger partial charge in [-0.15, -0.1) is 0 Å². The molecular formula is C28H21ClN4O5. The van der Waals surface area contributed by atoms with Crippen molar-refractivity contribution in [1.82, 2.24) is 9.66 Å². The van der Waals surface area contributed by atoms with Crippen LogP contribution in [-0.2, 0) is 0 Å². The molecule has 10 heteroatoms. The van der Waals surface area contributed by atoms with Crippen molar-refractivity contribution in [3.63, 3.8) is 0 Å². The molecule has 38 heavy (non-hydrogen) atoms. The molecular weight excluding hydrogens is 508 g/mol. The Morgan fingerprint density at radius 2 is 1.95 bits per heavy atom. The van der Waals surface area contributed by atoms with E-state index in [2.05, 4.69) is 5.10 Å². The van der Waals surface area contributed by atoms with Crippen LogP contribution in [0.1, 0.15) is 12.5 Å². The van der Waals surface area contributed by atoms with E-state index in [1.54, 1.807) is 55.6 Å². The van der Waals surface area contributed by atoms with Gasteiger partial charge in [0.1, 0.15) is 17.4 Å². The fourth-order valence-corrected chi connectivity index (χ4v) is 4.28. The highest BCUT2D eigenvalue weighted by Gasteiger charge is 2.18. The third-order valence-corrected chi connectivity index (χ3v) is 5.93. The summed E-state index contributed by atoms with van der Waals surface area (Å²) < 4.78 is 23.8. The molecule has 0 radical (unpaired) electrons. The van der Waals surface area contributed by atoms with Crippen LogP contribution in [0.5, 0.6) is 17.2 Å². The highest BCUT2D eigenvalue weighted by Crippen LogP contribution is 2.36. The minimum Gasteiger partial charge on any atom is -0.496 e. The lowest BCUT2D eigenvalue weighted by atomic mass is 10.2. The van der Waals surface area contributed by atoms with Crippen LogP contribution in [0.2, 0.25) is 5.02 Å². The van der Waals surface area contributed by atoms with Crippen molar-refractivity contribution in [3.8, 4) is 34.9 Å². The molecule has 0 amide bonds. The SMILES string of the molecule is CCOc1cc(C=Nn2c(-c3cc4c(OC)cccc4o3)nc3ccccc3c2=O)cc(Cl)c1OCC#N. The normalized spacial score (nSPS) is 11.2. The van der Waals surface area contributed by atoms with Gasteiger partial charge in [-0.1, -0.05) is 29.8 Å². The van der Waals surface area contributed by atoms with Crippen molar-refractivity contribution >= 4 is 39.7 Å². The zero-order valence-corrected chi connectivity index (χ0v) is 21.2. The number of benzene rings is 3. The summed E-state index contributed by atoms with van der Waals surface area (Å²) in [5.41, 5.74) is 1.25. The summed E-state index contributed by atoms with van der Waals surface area (Å²) >= 11 is 6.41. The molecule has 0 aliphatic carbocycles. The van der Waals surface area contributed by atoms with Crippen LogP contribution in [0.25, 0.3) is 33.5 Å². The van der Waals surface area contributed by atoms with Gasteiger partial charge in [0.2, 0.25) is 5.82 Å². The van der Waals surface area contributed by atoms with Crippen molar-refractivity contribution < 1.29 is 18.6 Å². The number of furan rings is 1. The van der Waals surface area contributed by atoms with Crippen LogP contribution in [0.3, 0.4) is 0 Å². The number of hydrogen-bond acceptors (Lipinski definition) is 8. The van der Waals surface area contributed by atoms with Crippen LogP contribution >= 0.6 is 11.6 Å². The summed E-state index contributed by atoms with van der Waals surface area (Å²) in [7, 11) is 1.58. The maximum Gasteiger partial charge on any atom is 0.282 e. The molecule has 0 N–H and O–H groups in total.